The van der Waals surface area contributed by atoms with Crippen molar-refractivity contribution >= 4 is 11.5 Å². The Morgan fingerprint density at radius 3 is 3.11 bits per heavy atom. The normalized spacial score (nSPS) is 12.7. The molecule has 1 atom stereocenters. The summed E-state index contributed by atoms with van der Waals surface area (Å²) in [6, 6.07) is 0.204. The summed E-state index contributed by atoms with van der Waals surface area (Å²) in [5.41, 5.74) is 0.620. The fourth-order valence-corrected chi connectivity index (χ4v) is 1.78. The summed E-state index contributed by atoms with van der Waals surface area (Å²) in [5.74, 6) is 0.769. The minimum atomic E-state index is 0.204. The molecule has 0 spiro atoms. The summed E-state index contributed by atoms with van der Waals surface area (Å²) in [6.07, 6.45) is 8.79. The van der Waals surface area contributed by atoms with Crippen LogP contribution in [0, 0.1) is 0 Å². The van der Waals surface area contributed by atoms with Crippen LogP contribution in [0.3, 0.4) is 0 Å². The molecule has 3 aromatic heterocycles. The van der Waals surface area contributed by atoms with Gasteiger partial charge < -0.3 is 9.88 Å². The third-order valence-corrected chi connectivity index (χ3v) is 2.55. The molecule has 0 aliphatic rings. The lowest BCUT2D eigenvalue weighted by Crippen LogP contribution is -2.23. The minimum Gasteiger partial charge on any atom is -0.364 e. The van der Waals surface area contributed by atoms with E-state index in [4.69, 9.17) is 0 Å². The van der Waals surface area contributed by atoms with E-state index in [0.29, 0.717) is 5.65 Å². The van der Waals surface area contributed by atoms with Gasteiger partial charge in [-0.25, -0.2) is 4.98 Å². The highest BCUT2D eigenvalue weighted by Crippen LogP contribution is 2.08. The first-order chi connectivity index (χ1) is 8.83. The van der Waals surface area contributed by atoms with Crippen LogP contribution in [-0.2, 0) is 6.54 Å². The zero-order valence-electron chi connectivity index (χ0n) is 9.80. The number of aromatic nitrogens is 7. The molecule has 0 radical (unpaired) electrons. The van der Waals surface area contributed by atoms with Gasteiger partial charge in [0, 0.05) is 25.0 Å². The van der Waals surface area contributed by atoms with Gasteiger partial charge in [0.05, 0.1) is 18.7 Å². The highest BCUT2D eigenvalue weighted by Gasteiger charge is 2.07. The molecular formula is C10H12N8. The van der Waals surface area contributed by atoms with E-state index in [1.54, 1.807) is 29.4 Å². The van der Waals surface area contributed by atoms with Crippen molar-refractivity contribution in [3.63, 3.8) is 0 Å². The van der Waals surface area contributed by atoms with Gasteiger partial charge in [-0.05, 0) is 17.4 Å². The lowest BCUT2D eigenvalue weighted by atomic mass is 10.3. The Hall–Kier alpha value is -2.51. The average molecular weight is 244 g/mol. The molecule has 0 bridgehead atoms. The fraction of sp³-hybridized carbons (Fsp3) is 0.300. The topological polar surface area (TPSA) is 85.8 Å². The van der Waals surface area contributed by atoms with Gasteiger partial charge >= 0.3 is 0 Å². The Balaban J connectivity index is 1.77. The van der Waals surface area contributed by atoms with E-state index in [1.807, 2.05) is 10.8 Å². The average Bonchev–Trinajstić information content (AvgIpc) is 2.99. The Kier molecular flexibility index (Phi) is 2.60. The standard InChI is InChI=1S/C10H12N8/c1-8(6-17-3-2-11-7-17)13-9-4-12-5-10-14-15-16-18(9)10/h2-5,7-8,13H,6H2,1H3. The van der Waals surface area contributed by atoms with Gasteiger partial charge in [-0.1, -0.05) is 0 Å². The monoisotopic (exact) mass is 244 g/mol. The van der Waals surface area contributed by atoms with Crippen molar-refractivity contribution in [2.75, 3.05) is 5.32 Å². The van der Waals surface area contributed by atoms with Gasteiger partial charge in [0.25, 0.3) is 0 Å². The molecule has 1 unspecified atom stereocenters. The van der Waals surface area contributed by atoms with Crippen LogP contribution in [0.4, 0.5) is 5.82 Å². The molecule has 0 aliphatic carbocycles. The molecule has 3 aromatic rings. The molecule has 3 heterocycles. The molecule has 92 valence electrons. The quantitative estimate of drug-likeness (QED) is 0.706. The summed E-state index contributed by atoms with van der Waals surface area (Å²) in [5, 5.41) is 14.7. The van der Waals surface area contributed by atoms with E-state index in [9.17, 15) is 0 Å². The Morgan fingerprint density at radius 2 is 2.28 bits per heavy atom. The van der Waals surface area contributed by atoms with Crippen molar-refractivity contribution in [3.8, 4) is 0 Å². The predicted molar refractivity (Wildman–Crippen MR) is 63.9 cm³/mol. The van der Waals surface area contributed by atoms with E-state index in [0.717, 1.165) is 12.4 Å². The zero-order chi connectivity index (χ0) is 12.4. The first kappa shape index (κ1) is 10.6. The van der Waals surface area contributed by atoms with Gasteiger partial charge in [-0.15, -0.1) is 5.10 Å². The van der Waals surface area contributed by atoms with Gasteiger partial charge in [0.2, 0.25) is 0 Å². The molecule has 0 fully saturated rings. The number of tetrazole rings is 1. The van der Waals surface area contributed by atoms with Crippen molar-refractivity contribution in [3.05, 3.63) is 31.1 Å². The second-order valence-electron chi connectivity index (χ2n) is 4.05. The molecule has 1 N–H and O–H groups in total. The molecular weight excluding hydrogens is 232 g/mol. The van der Waals surface area contributed by atoms with Gasteiger partial charge in [0.1, 0.15) is 0 Å². The minimum absolute atomic E-state index is 0.204. The second kappa shape index (κ2) is 4.40. The smallest absolute Gasteiger partial charge is 0.199 e. The van der Waals surface area contributed by atoms with Crippen LogP contribution >= 0.6 is 0 Å². The first-order valence-corrected chi connectivity index (χ1v) is 5.57. The lowest BCUT2D eigenvalue weighted by molar-refractivity contribution is 0.613. The maximum atomic E-state index is 4.09. The van der Waals surface area contributed by atoms with Gasteiger partial charge in [-0.3, -0.25) is 4.98 Å². The first-order valence-electron chi connectivity index (χ1n) is 5.57. The number of fused-ring (bicyclic) bond motifs is 1. The van der Waals surface area contributed by atoms with Crippen molar-refractivity contribution in [1.82, 2.24) is 34.6 Å². The molecule has 0 aliphatic heterocycles. The van der Waals surface area contributed by atoms with E-state index in [-0.39, 0.29) is 6.04 Å². The molecule has 8 heteroatoms. The number of hydrogen-bond donors (Lipinski definition) is 1. The van der Waals surface area contributed by atoms with Crippen LogP contribution in [0.5, 0.6) is 0 Å². The Morgan fingerprint density at radius 1 is 1.33 bits per heavy atom. The maximum Gasteiger partial charge on any atom is 0.199 e. The molecule has 0 saturated carbocycles. The zero-order valence-corrected chi connectivity index (χ0v) is 9.80. The van der Waals surface area contributed by atoms with Crippen molar-refractivity contribution in [2.45, 2.75) is 19.5 Å². The van der Waals surface area contributed by atoms with Crippen LogP contribution in [0.1, 0.15) is 6.92 Å². The lowest BCUT2D eigenvalue weighted by Gasteiger charge is -2.15. The fourth-order valence-electron chi connectivity index (χ4n) is 1.78. The largest absolute Gasteiger partial charge is 0.364 e. The summed E-state index contributed by atoms with van der Waals surface area (Å²) >= 11 is 0. The molecule has 0 aromatic carbocycles. The van der Waals surface area contributed by atoms with Crippen LogP contribution in [0.25, 0.3) is 5.65 Å². The predicted octanol–water partition coefficient (Wildman–Crippen LogP) is 0.216. The number of nitrogens with zero attached hydrogens (tertiary/aromatic N) is 7. The van der Waals surface area contributed by atoms with E-state index in [1.165, 1.54) is 0 Å². The van der Waals surface area contributed by atoms with Gasteiger partial charge in [-0.2, -0.15) is 4.52 Å². The molecule has 0 amide bonds. The Bertz CT molecular complexity index is 628. The molecule has 3 rings (SSSR count). The third kappa shape index (κ3) is 1.99. The number of imidazole rings is 1. The van der Waals surface area contributed by atoms with E-state index >= 15 is 0 Å². The molecule has 18 heavy (non-hydrogen) atoms. The van der Waals surface area contributed by atoms with Crippen molar-refractivity contribution in [1.29, 1.82) is 0 Å². The summed E-state index contributed by atoms with van der Waals surface area (Å²) in [6.45, 7) is 2.88. The number of rotatable bonds is 4. The third-order valence-electron chi connectivity index (χ3n) is 2.55. The van der Waals surface area contributed by atoms with Crippen LogP contribution in [0.2, 0.25) is 0 Å². The van der Waals surface area contributed by atoms with Crippen molar-refractivity contribution in [2.24, 2.45) is 0 Å². The Labute approximate surface area is 103 Å². The number of nitrogens with one attached hydrogen (secondary N) is 1. The molecule has 8 nitrogen and oxygen atoms in total. The van der Waals surface area contributed by atoms with E-state index < -0.39 is 0 Å². The van der Waals surface area contributed by atoms with E-state index in [2.05, 4.69) is 37.7 Å². The second-order valence-corrected chi connectivity index (χ2v) is 4.05. The summed E-state index contributed by atoms with van der Waals surface area (Å²) in [4.78, 5) is 8.10. The van der Waals surface area contributed by atoms with Crippen LogP contribution in [-0.4, -0.2) is 40.6 Å². The number of hydrogen-bond acceptors (Lipinski definition) is 6. The van der Waals surface area contributed by atoms with Crippen LogP contribution < -0.4 is 5.32 Å². The highest BCUT2D eigenvalue weighted by molar-refractivity contribution is 5.44. The van der Waals surface area contributed by atoms with Crippen molar-refractivity contribution < 1.29 is 0 Å². The maximum absolute atomic E-state index is 4.09. The molecule has 0 saturated heterocycles. The van der Waals surface area contributed by atoms with Crippen LogP contribution in [0.15, 0.2) is 31.1 Å². The SMILES string of the molecule is CC(Cn1ccnc1)Nc1cncc2nnnn12. The van der Waals surface area contributed by atoms with Gasteiger partial charge in [0.15, 0.2) is 11.5 Å². The summed E-state index contributed by atoms with van der Waals surface area (Å²) in [7, 11) is 0. The highest BCUT2D eigenvalue weighted by atomic mass is 15.5. The number of anilines is 1. The summed E-state index contributed by atoms with van der Waals surface area (Å²) < 4.78 is 3.63.